The zero-order chi connectivity index (χ0) is 15.5. The van der Waals surface area contributed by atoms with Crippen LogP contribution in [0, 0.1) is 0 Å². The van der Waals surface area contributed by atoms with E-state index in [4.69, 9.17) is 23.7 Å². The van der Waals surface area contributed by atoms with E-state index in [1.165, 1.54) is 0 Å². The van der Waals surface area contributed by atoms with Crippen molar-refractivity contribution in [3.63, 3.8) is 0 Å². The van der Waals surface area contributed by atoms with Crippen LogP contribution in [-0.4, -0.2) is 50.2 Å². The van der Waals surface area contributed by atoms with Crippen LogP contribution in [0.1, 0.15) is 26.7 Å². The van der Waals surface area contributed by atoms with Crippen LogP contribution in [-0.2, 0) is 23.7 Å². The normalized spacial score (nSPS) is 35.4. The number of hydrogen-bond donors (Lipinski definition) is 0. The molecule has 0 aromatic rings. The van der Waals surface area contributed by atoms with Crippen LogP contribution in [0.2, 0.25) is 0 Å². The Labute approximate surface area is 126 Å². The van der Waals surface area contributed by atoms with Gasteiger partial charge in [-0.15, -0.1) is 13.2 Å². The maximum absolute atomic E-state index is 6.01. The molecule has 0 aromatic heterocycles. The molecule has 0 aliphatic carbocycles. The number of hydrogen-bond acceptors (Lipinski definition) is 5. The number of rotatable bonds is 8. The number of methoxy groups -OCH3 is 1. The summed E-state index contributed by atoms with van der Waals surface area (Å²) in [5, 5.41) is 0. The van der Waals surface area contributed by atoms with Crippen LogP contribution < -0.4 is 0 Å². The molecule has 0 N–H and O–H groups in total. The summed E-state index contributed by atoms with van der Waals surface area (Å²) < 4.78 is 29.2. The molecule has 21 heavy (non-hydrogen) atoms. The Bertz CT molecular complexity index is 368. The van der Waals surface area contributed by atoms with Gasteiger partial charge in [0.25, 0.3) is 0 Å². The molecule has 0 radical (unpaired) electrons. The molecule has 0 saturated carbocycles. The summed E-state index contributed by atoms with van der Waals surface area (Å²) in [6.45, 7) is 11.6. The van der Waals surface area contributed by atoms with Crippen LogP contribution >= 0.6 is 0 Å². The lowest BCUT2D eigenvalue weighted by molar-refractivity contribution is -0.230. The molecule has 0 bridgehead atoms. The molecule has 0 spiro atoms. The summed E-state index contributed by atoms with van der Waals surface area (Å²) in [5.41, 5.74) is 0. The molecule has 0 amide bonds. The van der Waals surface area contributed by atoms with Crippen LogP contribution in [0.15, 0.2) is 25.3 Å². The van der Waals surface area contributed by atoms with Crippen molar-refractivity contribution in [1.82, 2.24) is 0 Å². The third-order valence-corrected chi connectivity index (χ3v) is 3.76. The fourth-order valence-electron chi connectivity index (χ4n) is 2.87. The Hall–Kier alpha value is -0.720. The monoisotopic (exact) mass is 298 g/mol. The average Bonchev–Trinajstić information content (AvgIpc) is 2.90. The zero-order valence-electron chi connectivity index (χ0n) is 13.1. The zero-order valence-corrected chi connectivity index (χ0v) is 13.1. The lowest BCUT2D eigenvalue weighted by atomic mass is 10.0. The molecule has 5 nitrogen and oxygen atoms in total. The van der Waals surface area contributed by atoms with Crippen molar-refractivity contribution in [2.45, 2.75) is 63.2 Å². The predicted octanol–water partition coefficient (Wildman–Crippen LogP) is 2.42. The lowest BCUT2D eigenvalue weighted by Crippen LogP contribution is -2.43. The Balaban J connectivity index is 2.09. The van der Waals surface area contributed by atoms with Crippen molar-refractivity contribution in [2.75, 3.05) is 13.7 Å². The fraction of sp³-hybridized carbons (Fsp3) is 0.750. The van der Waals surface area contributed by atoms with Crippen molar-refractivity contribution in [3.05, 3.63) is 25.3 Å². The number of allylic oxidation sites excluding steroid dienone is 1. The van der Waals surface area contributed by atoms with Crippen LogP contribution in [0.4, 0.5) is 0 Å². The van der Waals surface area contributed by atoms with E-state index in [-0.39, 0.29) is 24.4 Å². The molecule has 2 heterocycles. The Morgan fingerprint density at radius 1 is 1.24 bits per heavy atom. The molecular formula is C16H26O5. The summed E-state index contributed by atoms with van der Waals surface area (Å²) in [7, 11) is 1.68. The van der Waals surface area contributed by atoms with E-state index in [0.717, 1.165) is 12.8 Å². The molecule has 1 unspecified atom stereocenters. The van der Waals surface area contributed by atoms with Crippen LogP contribution in [0.25, 0.3) is 0 Å². The first-order valence-corrected chi connectivity index (χ1v) is 7.39. The third-order valence-electron chi connectivity index (χ3n) is 3.76. The molecule has 2 saturated heterocycles. The van der Waals surface area contributed by atoms with Crippen molar-refractivity contribution in [1.29, 1.82) is 0 Å². The van der Waals surface area contributed by atoms with Gasteiger partial charge < -0.3 is 23.7 Å². The molecule has 2 aliphatic heterocycles. The highest BCUT2D eigenvalue weighted by molar-refractivity contribution is 4.98. The largest absolute Gasteiger partial charge is 0.379 e. The summed E-state index contributed by atoms with van der Waals surface area (Å²) in [6.07, 6.45) is 4.07. The van der Waals surface area contributed by atoms with Gasteiger partial charge in [0.15, 0.2) is 12.1 Å². The highest BCUT2D eigenvalue weighted by atomic mass is 16.8. The van der Waals surface area contributed by atoms with E-state index in [1.54, 1.807) is 13.2 Å². The molecule has 2 fully saturated rings. The molecular weight excluding hydrogens is 272 g/mol. The van der Waals surface area contributed by atoms with Gasteiger partial charge in [0.2, 0.25) is 0 Å². The van der Waals surface area contributed by atoms with E-state index < -0.39 is 12.1 Å². The topological polar surface area (TPSA) is 46.2 Å². The summed E-state index contributed by atoms with van der Waals surface area (Å²) in [6, 6.07) is 0. The van der Waals surface area contributed by atoms with E-state index in [9.17, 15) is 0 Å². The Morgan fingerprint density at radius 3 is 2.62 bits per heavy atom. The molecule has 2 rings (SSSR count). The smallest absolute Gasteiger partial charge is 0.190 e. The van der Waals surface area contributed by atoms with Gasteiger partial charge in [-0.1, -0.05) is 12.2 Å². The SMILES string of the molecule is C=CCC[C@H](OC)[C@H]1O[C@@H]2OC(C)(C)O[C@@H]2C1OCC=C. The second kappa shape index (κ2) is 7.03. The van der Waals surface area contributed by atoms with Crippen molar-refractivity contribution < 1.29 is 23.7 Å². The molecule has 0 aromatic carbocycles. The third kappa shape index (κ3) is 3.73. The summed E-state index contributed by atoms with van der Waals surface area (Å²) in [4.78, 5) is 0. The van der Waals surface area contributed by atoms with Crippen molar-refractivity contribution >= 4 is 0 Å². The van der Waals surface area contributed by atoms with Gasteiger partial charge in [0.05, 0.1) is 12.7 Å². The van der Waals surface area contributed by atoms with E-state index in [0.29, 0.717) is 6.61 Å². The lowest BCUT2D eigenvalue weighted by Gasteiger charge is -2.30. The van der Waals surface area contributed by atoms with E-state index in [2.05, 4.69) is 13.2 Å². The average molecular weight is 298 g/mol. The highest BCUT2D eigenvalue weighted by Crippen LogP contribution is 2.40. The maximum Gasteiger partial charge on any atom is 0.190 e. The maximum atomic E-state index is 6.01. The minimum absolute atomic E-state index is 0.0845. The Morgan fingerprint density at radius 2 is 2.00 bits per heavy atom. The van der Waals surface area contributed by atoms with Crippen molar-refractivity contribution in [2.24, 2.45) is 0 Å². The first-order valence-electron chi connectivity index (χ1n) is 7.39. The van der Waals surface area contributed by atoms with Gasteiger partial charge in [-0.05, 0) is 26.7 Å². The first kappa shape index (κ1) is 16.6. The minimum atomic E-state index is -0.653. The molecule has 5 atom stereocenters. The van der Waals surface area contributed by atoms with E-state index in [1.807, 2.05) is 19.9 Å². The van der Waals surface area contributed by atoms with Gasteiger partial charge in [-0.3, -0.25) is 0 Å². The van der Waals surface area contributed by atoms with Gasteiger partial charge in [-0.25, -0.2) is 0 Å². The second-order valence-corrected chi connectivity index (χ2v) is 5.80. The van der Waals surface area contributed by atoms with E-state index >= 15 is 0 Å². The van der Waals surface area contributed by atoms with Crippen LogP contribution in [0.3, 0.4) is 0 Å². The predicted molar refractivity (Wildman–Crippen MR) is 78.9 cm³/mol. The highest BCUT2D eigenvalue weighted by Gasteiger charge is 2.57. The quantitative estimate of drug-likeness (QED) is 0.644. The fourth-order valence-corrected chi connectivity index (χ4v) is 2.87. The first-order chi connectivity index (χ1) is 10.0. The van der Waals surface area contributed by atoms with Crippen molar-refractivity contribution in [3.8, 4) is 0 Å². The molecule has 120 valence electrons. The number of fused-ring (bicyclic) bond motifs is 1. The number of ether oxygens (including phenoxy) is 5. The Kier molecular flexibility index (Phi) is 5.57. The van der Waals surface area contributed by atoms with Gasteiger partial charge in [0.1, 0.15) is 18.3 Å². The van der Waals surface area contributed by atoms with Crippen LogP contribution in [0.5, 0.6) is 0 Å². The summed E-state index contributed by atoms with van der Waals surface area (Å²) >= 11 is 0. The second-order valence-electron chi connectivity index (χ2n) is 5.80. The van der Waals surface area contributed by atoms with Gasteiger partial charge in [0, 0.05) is 7.11 Å². The molecule has 2 aliphatic rings. The standard InChI is InChI=1S/C16H26O5/c1-6-8-9-11(17-5)12-13(18-10-7-2)14-15(19-12)21-16(3,4)20-14/h6-7,11-15H,1-2,8-10H2,3-5H3/t11-,12+,13?,14+,15+/m0/s1. The minimum Gasteiger partial charge on any atom is -0.379 e. The van der Waals surface area contributed by atoms with Gasteiger partial charge in [-0.2, -0.15) is 0 Å². The van der Waals surface area contributed by atoms with Gasteiger partial charge >= 0.3 is 0 Å². The molecule has 5 heteroatoms. The summed E-state index contributed by atoms with van der Waals surface area (Å²) in [5.74, 6) is -0.653.